The van der Waals surface area contributed by atoms with E-state index < -0.39 is 11.8 Å². The summed E-state index contributed by atoms with van der Waals surface area (Å²) in [5, 5.41) is 0. The van der Waals surface area contributed by atoms with Gasteiger partial charge in [-0.05, 0) is 38.2 Å². The van der Waals surface area contributed by atoms with Crippen molar-refractivity contribution in [2.24, 2.45) is 0 Å². The van der Waals surface area contributed by atoms with Crippen molar-refractivity contribution in [3.8, 4) is 5.75 Å². The maximum absolute atomic E-state index is 13.6. The van der Waals surface area contributed by atoms with Gasteiger partial charge >= 0.3 is 5.97 Å². The second kappa shape index (κ2) is 8.53. The molecular weight excluding hydrogens is 261 g/mol. The average Bonchev–Trinajstić information content (AvgIpc) is 2.45. The normalized spacial score (nSPS) is 10.7. The van der Waals surface area contributed by atoms with Gasteiger partial charge in [0.2, 0.25) is 0 Å². The van der Waals surface area contributed by atoms with Crippen LogP contribution in [0.3, 0.4) is 0 Å². The minimum Gasteiger partial charge on any atom is -0.491 e. The fraction of sp³-hybridized carbons (Fsp3) is 0.533. The molecular formula is C15H22FNO3. The van der Waals surface area contributed by atoms with Gasteiger partial charge in [0, 0.05) is 6.54 Å². The van der Waals surface area contributed by atoms with Crippen LogP contribution in [0, 0.1) is 5.82 Å². The molecule has 0 saturated heterocycles. The number of benzene rings is 1. The van der Waals surface area contributed by atoms with E-state index >= 15 is 0 Å². The molecule has 0 saturated carbocycles. The molecule has 0 amide bonds. The molecule has 0 atom stereocenters. The first-order valence-electron chi connectivity index (χ1n) is 6.94. The van der Waals surface area contributed by atoms with Crippen LogP contribution in [-0.4, -0.2) is 43.7 Å². The van der Waals surface area contributed by atoms with E-state index in [-0.39, 0.29) is 11.3 Å². The smallest absolute Gasteiger partial charge is 0.338 e. The van der Waals surface area contributed by atoms with Crippen molar-refractivity contribution in [1.82, 2.24) is 4.90 Å². The zero-order valence-electron chi connectivity index (χ0n) is 12.3. The van der Waals surface area contributed by atoms with Crippen molar-refractivity contribution < 1.29 is 18.7 Å². The number of rotatable bonds is 8. The summed E-state index contributed by atoms with van der Waals surface area (Å²) in [6.07, 6.45) is 0. The SMILES string of the molecule is CCOc1ccc(C(=O)OCCN(CC)CC)cc1F. The average molecular weight is 283 g/mol. The Bertz CT molecular complexity index is 433. The van der Waals surface area contributed by atoms with Gasteiger partial charge in [-0.1, -0.05) is 13.8 Å². The molecule has 0 N–H and O–H groups in total. The number of likely N-dealkylation sites (N-methyl/N-ethyl adjacent to an activating group) is 1. The summed E-state index contributed by atoms with van der Waals surface area (Å²) in [5.41, 5.74) is 0.200. The van der Waals surface area contributed by atoms with Crippen LogP contribution >= 0.6 is 0 Å². The maximum Gasteiger partial charge on any atom is 0.338 e. The third kappa shape index (κ3) is 4.81. The summed E-state index contributed by atoms with van der Waals surface area (Å²) in [6.45, 7) is 9.05. The number of hydrogen-bond donors (Lipinski definition) is 0. The van der Waals surface area contributed by atoms with Crippen molar-refractivity contribution >= 4 is 5.97 Å². The van der Waals surface area contributed by atoms with E-state index in [2.05, 4.69) is 4.90 Å². The van der Waals surface area contributed by atoms with Crippen molar-refractivity contribution in [1.29, 1.82) is 0 Å². The molecule has 1 aromatic rings. The molecule has 5 heteroatoms. The van der Waals surface area contributed by atoms with E-state index in [0.717, 1.165) is 19.2 Å². The van der Waals surface area contributed by atoms with E-state index in [4.69, 9.17) is 9.47 Å². The number of nitrogens with zero attached hydrogens (tertiary/aromatic N) is 1. The summed E-state index contributed by atoms with van der Waals surface area (Å²) >= 11 is 0. The molecule has 0 heterocycles. The Balaban J connectivity index is 2.53. The molecule has 0 fully saturated rings. The summed E-state index contributed by atoms with van der Waals surface area (Å²) in [4.78, 5) is 13.9. The van der Waals surface area contributed by atoms with Crippen LogP contribution in [0.15, 0.2) is 18.2 Å². The zero-order valence-corrected chi connectivity index (χ0v) is 12.3. The van der Waals surface area contributed by atoms with Gasteiger partial charge in [-0.25, -0.2) is 9.18 Å². The lowest BCUT2D eigenvalue weighted by Crippen LogP contribution is -2.27. The van der Waals surface area contributed by atoms with Crippen molar-refractivity contribution in [2.75, 3.05) is 32.8 Å². The Hall–Kier alpha value is -1.62. The predicted octanol–water partition coefficient (Wildman–Crippen LogP) is 2.72. The van der Waals surface area contributed by atoms with Gasteiger partial charge in [-0.3, -0.25) is 0 Å². The van der Waals surface area contributed by atoms with Gasteiger partial charge in [0.1, 0.15) is 6.61 Å². The molecule has 0 spiro atoms. The summed E-state index contributed by atoms with van der Waals surface area (Å²) in [5.74, 6) is -0.920. The standard InChI is InChI=1S/C15H22FNO3/c1-4-17(5-2)9-10-20-15(18)12-7-8-14(19-6-3)13(16)11-12/h7-8,11H,4-6,9-10H2,1-3H3. The monoisotopic (exact) mass is 283 g/mol. The first-order valence-corrected chi connectivity index (χ1v) is 6.94. The van der Waals surface area contributed by atoms with Gasteiger partial charge in [0.05, 0.1) is 12.2 Å². The Morgan fingerprint density at radius 3 is 2.50 bits per heavy atom. The molecule has 1 aromatic carbocycles. The molecule has 4 nitrogen and oxygen atoms in total. The molecule has 20 heavy (non-hydrogen) atoms. The minimum atomic E-state index is -0.551. The second-order valence-corrected chi connectivity index (χ2v) is 4.24. The third-order valence-corrected chi connectivity index (χ3v) is 3.00. The number of halogens is 1. The minimum absolute atomic E-state index is 0.146. The summed E-state index contributed by atoms with van der Waals surface area (Å²) in [6, 6.07) is 4.10. The van der Waals surface area contributed by atoms with Crippen LogP contribution in [0.5, 0.6) is 5.75 Å². The Morgan fingerprint density at radius 1 is 1.25 bits per heavy atom. The van der Waals surface area contributed by atoms with Crippen molar-refractivity contribution in [2.45, 2.75) is 20.8 Å². The fourth-order valence-corrected chi connectivity index (χ4v) is 1.79. The van der Waals surface area contributed by atoms with Crippen LogP contribution in [0.25, 0.3) is 0 Å². The van der Waals surface area contributed by atoms with Gasteiger partial charge in [0.15, 0.2) is 11.6 Å². The predicted molar refractivity (Wildman–Crippen MR) is 75.6 cm³/mol. The lowest BCUT2D eigenvalue weighted by molar-refractivity contribution is 0.0466. The first-order chi connectivity index (χ1) is 9.62. The van der Waals surface area contributed by atoms with Crippen LogP contribution < -0.4 is 4.74 Å². The lowest BCUT2D eigenvalue weighted by Gasteiger charge is -2.17. The van der Waals surface area contributed by atoms with E-state index in [1.54, 1.807) is 6.92 Å². The second-order valence-electron chi connectivity index (χ2n) is 4.24. The molecule has 0 aliphatic heterocycles. The number of ether oxygens (including phenoxy) is 2. The van der Waals surface area contributed by atoms with Gasteiger partial charge in [-0.15, -0.1) is 0 Å². The molecule has 1 rings (SSSR count). The highest BCUT2D eigenvalue weighted by Crippen LogP contribution is 2.18. The molecule has 112 valence electrons. The number of carbonyl (C=O) groups is 1. The molecule has 0 aromatic heterocycles. The third-order valence-electron chi connectivity index (χ3n) is 3.00. The molecule has 0 bridgehead atoms. The highest BCUT2D eigenvalue weighted by molar-refractivity contribution is 5.89. The maximum atomic E-state index is 13.6. The zero-order chi connectivity index (χ0) is 15.0. The van der Waals surface area contributed by atoms with Crippen LogP contribution in [-0.2, 0) is 4.74 Å². The summed E-state index contributed by atoms with van der Waals surface area (Å²) < 4.78 is 23.8. The van der Waals surface area contributed by atoms with Gasteiger partial charge < -0.3 is 14.4 Å². The van der Waals surface area contributed by atoms with E-state index in [9.17, 15) is 9.18 Å². The van der Waals surface area contributed by atoms with Crippen LogP contribution in [0.2, 0.25) is 0 Å². The lowest BCUT2D eigenvalue weighted by atomic mass is 10.2. The van der Waals surface area contributed by atoms with Gasteiger partial charge in [0.25, 0.3) is 0 Å². The number of carbonyl (C=O) groups excluding carboxylic acids is 1. The number of esters is 1. The topological polar surface area (TPSA) is 38.8 Å². The Labute approximate surface area is 119 Å². The summed E-state index contributed by atoms with van der Waals surface area (Å²) in [7, 11) is 0. The quantitative estimate of drug-likeness (QED) is 0.688. The van der Waals surface area contributed by atoms with Crippen molar-refractivity contribution in [3.05, 3.63) is 29.6 Å². The molecule has 0 unspecified atom stereocenters. The molecule has 0 aliphatic carbocycles. The first kappa shape index (κ1) is 16.4. The molecule has 0 radical (unpaired) electrons. The van der Waals surface area contributed by atoms with Crippen LogP contribution in [0.4, 0.5) is 4.39 Å². The molecule has 0 aliphatic rings. The number of hydrogen-bond acceptors (Lipinski definition) is 4. The largest absolute Gasteiger partial charge is 0.491 e. The highest BCUT2D eigenvalue weighted by Gasteiger charge is 2.12. The van der Waals surface area contributed by atoms with E-state index in [1.165, 1.54) is 12.1 Å². The fourth-order valence-electron chi connectivity index (χ4n) is 1.79. The van der Waals surface area contributed by atoms with Crippen molar-refractivity contribution in [3.63, 3.8) is 0 Å². The highest BCUT2D eigenvalue weighted by atomic mass is 19.1. The van der Waals surface area contributed by atoms with Gasteiger partial charge in [-0.2, -0.15) is 0 Å². The Kier molecular flexibility index (Phi) is 7.01. The van der Waals surface area contributed by atoms with E-state index in [1.807, 2.05) is 13.8 Å². The van der Waals surface area contributed by atoms with Crippen LogP contribution in [0.1, 0.15) is 31.1 Å². The Morgan fingerprint density at radius 2 is 1.95 bits per heavy atom. The van der Waals surface area contributed by atoms with E-state index in [0.29, 0.717) is 19.8 Å².